The first-order valence-electron chi connectivity index (χ1n) is 7.70. The molecule has 1 saturated carbocycles. The molecule has 0 aromatic heterocycles. The number of allylic oxidation sites excluding steroid dienone is 4. The van der Waals surface area contributed by atoms with Crippen LogP contribution < -0.4 is 0 Å². The molecule has 0 atom stereocenters. The van der Waals surface area contributed by atoms with Crippen molar-refractivity contribution < 1.29 is 4.74 Å². The molecular weight excluding hydrogens is 232 g/mol. The van der Waals surface area contributed by atoms with Gasteiger partial charge in [-0.1, -0.05) is 39.3 Å². The fourth-order valence-corrected chi connectivity index (χ4v) is 1.92. The average molecular weight is 262 g/mol. The zero-order valence-corrected chi connectivity index (χ0v) is 13.2. The molecule has 0 bridgehead atoms. The van der Waals surface area contributed by atoms with Gasteiger partial charge in [-0.25, -0.2) is 0 Å². The smallest absolute Gasteiger partial charge is 0.115 e. The molecule has 0 aromatic rings. The van der Waals surface area contributed by atoms with E-state index in [0.717, 1.165) is 30.8 Å². The van der Waals surface area contributed by atoms with Gasteiger partial charge in [-0.15, -0.1) is 0 Å². The fourth-order valence-electron chi connectivity index (χ4n) is 1.92. The van der Waals surface area contributed by atoms with Gasteiger partial charge < -0.3 is 4.74 Å². The zero-order chi connectivity index (χ0) is 14.3. The van der Waals surface area contributed by atoms with Gasteiger partial charge in [-0.2, -0.15) is 0 Å². The predicted octanol–water partition coefficient (Wildman–Crippen LogP) is 5.79. The third-order valence-electron chi connectivity index (χ3n) is 3.76. The van der Waals surface area contributed by atoms with Gasteiger partial charge in [0, 0.05) is 5.41 Å². The minimum absolute atomic E-state index is 0.438. The Labute approximate surface area is 119 Å². The quantitative estimate of drug-likeness (QED) is 0.377. The fraction of sp³-hybridized carbons (Fsp3) is 0.667. The van der Waals surface area contributed by atoms with E-state index in [1.165, 1.54) is 31.3 Å². The first kappa shape index (κ1) is 16.1. The maximum absolute atomic E-state index is 6.01. The summed E-state index contributed by atoms with van der Waals surface area (Å²) in [7, 11) is 0. The molecule has 1 aliphatic carbocycles. The molecule has 0 radical (unpaired) electrons. The molecule has 1 rings (SSSR count). The van der Waals surface area contributed by atoms with Crippen LogP contribution >= 0.6 is 0 Å². The average Bonchev–Trinajstić information content (AvgIpc) is 3.09. The molecule has 0 amide bonds. The van der Waals surface area contributed by atoms with Crippen molar-refractivity contribution in [3.8, 4) is 0 Å². The first-order valence-corrected chi connectivity index (χ1v) is 7.70. The van der Waals surface area contributed by atoms with Crippen LogP contribution in [0.3, 0.4) is 0 Å². The van der Waals surface area contributed by atoms with E-state index in [1.54, 1.807) is 0 Å². The van der Waals surface area contributed by atoms with Gasteiger partial charge in [0.1, 0.15) is 5.76 Å². The van der Waals surface area contributed by atoms with Gasteiger partial charge in [-0.3, -0.25) is 0 Å². The molecule has 0 N–H and O–H groups in total. The monoisotopic (exact) mass is 262 g/mol. The Bertz CT molecular complexity index is 356. The summed E-state index contributed by atoms with van der Waals surface area (Å²) in [4.78, 5) is 0. The van der Waals surface area contributed by atoms with Crippen LogP contribution in [0.5, 0.6) is 0 Å². The Morgan fingerprint density at radius 3 is 2.47 bits per heavy atom. The molecule has 108 valence electrons. The number of unbranched alkanes of at least 4 members (excludes halogenated alkanes) is 1. The van der Waals surface area contributed by atoms with Crippen molar-refractivity contribution in [3.63, 3.8) is 0 Å². The minimum Gasteiger partial charge on any atom is -0.493 e. The molecule has 0 aromatic carbocycles. The molecule has 0 heterocycles. The second-order valence-electron chi connectivity index (χ2n) is 6.17. The van der Waals surface area contributed by atoms with E-state index < -0.39 is 0 Å². The summed E-state index contributed by atoms with van der Waals surface area (Å²) in [6.07, 6.45) is 11.5. The highest BCUT2D eigenvalue weighted by molar-refractivity contribution is 5.32. The highest BCUT2D eigenvalue weighted by Gasteiger charge is 2.38. The summed E-state index contributed by atoms with van der Waals surface area (Å²) >= 11 is 0. The maximum Gasteiger partial charge on any atom is 0.115 e. The van der Waals surface area contributed by atoms with Gasteiger partial charge in [-0.05, 0) is 56.8 Å². The second-order valence-corrected chi connectivity index (χ2v) is 6.17. The summed E-state index contributed by atoms with van der Waals surface area (Å²) in [5.74, 6) is 1.03. The Balaban J connectivity index is 2.66. The van der Waals surface area contributed by atoms with Crippen LogP contribution in [0.25, 0.3) is 0 Å². The van der Waals surface area contributed by atoms with Crippen LogP contribution in [-0.4, -0.2) is 6.61 Å². The van der Waals surface area contributed by atoms with Crippen LogP contribution in [0.4, 0.5) is 0 Å². The normalized spacial score (nSPS) is 18.3. The van der Waals surface area contributed by atoms with E-state index in [0.29, 0.717) is 5.41 Å². The van der Waals surface area contributed by atoms with Gasteiger partial charge in [0.15, 0.2) is 0 Å². The number of hydrogen-bond acceptors (Lipinski definition) is 1. The highest BCUT2D eigenvalue weighted by atomic mass is 16.5. The van der Waals surface area contributed by atoms with Crippen molar-refractivity contribution in [3.05, 3.63) is 35.6 Å². The van der Waals surface area contributed by atoms with Gasteiger partial charge in [0.25, 0.3) is 0 Å². The van der Waals surface area contributed by atoms with E-state index >= 15 is 0 Å². The zero-order valence-electron chi connectivity index (χ0n) is 13.2. The van der Waals surface area contributed by atoms with Gasteiger partial charge >= 0.3 is 0 Å². The van der Waals surface area contributed by atoms with Crippen molar-refractivity contribution in [1.82, 2.24) is 0 Å². The molecule has 0 aliphatic heterocycles. The van der Waals surface area contributed by atoms with Crippen LogP contribution in [-0.2, 0) is 4.74 Å². The van der Waals surface area contributed by atoms with E-state index in [-0.39, 0.29) is 0 Å². The Morgan fingerprint density at radius 1 is 1.32 bits per heavy atom. The molecule has 0 spiro atoms. The Kier molecular flexibility index (Phi) is 6.41. The topological polar surface area (TPSA) is 9.23 Å². The van der Waals surface area contributed by atoms with E-state index in [4.69, 9.17) is 4.74 Å². The SMILES string of the molecule is C=C(C)/C(=C\C(=CCC)OCC1(C)CC1)CCCC. The number of rotatable bonds is 9. The molecule has 1 fully saturated rings. The largest absolute Gasteiger partial charge is 0.493 e. The van der Waals surface area contributed by atoms with Crippen molar-refractivity contribution in [2.75, 3.05) is 6.61 Å². The molecule has 1 heteroatoms. The van der Waals surface area contributed by atoms with Crippen molar-refractivity contribution in [2.24, 2.45) is 5.41 Å². The van der Waals surface area contributed by atoms with Crippen LogP contribution in [0.1, 0.15) is 66.2 Å². The Hall–Kier alpha value is -0.980. The lowest BCUT2D eigenvalue weighted by molar-refractivity contribution is 0.170. The van der Waals surface area contributed by atoms with E-state index in [2.05, 4.69) is 46.4 Å². The third-order valence-corrected chi connectivity index (χ3v) is 3.76. The lowest BCUT2D eigenvalue weighted by Crippen LogP contribution is -2.05. The molecule has 0 unspecified atom stereocenters. The van der Waals surface area contributed by atoms with Crippen LogP contribution in [0.2, 0.25) is 0 Å². The van der Waals surface area contributed by atoms with Gasteiger partial charge in [0.2, 0.25) is 0 Å². The van der Waals surface area contributed by atoms with Crippen molar-refractivity contribution in [2.45, 2.75) is 66.2 Å². The number of hydrogen-bond donors (Lipinski definition) is 0. The predicted molar refractivity (Wildman–Crippen MR) is 84.1 cm³/mol. The van der Waals surface area contributed by atoms with Gasteiger partial charge in [0.05, 0.1) is 6.61 Å². The molecule has 1 aliphatic rings. The van der Waals surface area contributed by atoms with E-state index in [1.807, 2.05) is 0 Å². The standard InChI is InChI=1S/C18H30O/c1-6-8-10-16(15(3)4)13-17(9-7-2)19-14-18(5)11-12-18/h9,13H,3,6-8,10-12,14H2,1-2,4-5H3/b16-13-,17-9?. The molecule has 19 heavy (non-hydrogen) atoms. The summed E-state index contributed by atoms with van der Waals surface area (Å²) in [5.41, 5.74) is 2.94. The Morgan fingerprint density at radius 2 is 2.00 bits per heavy atom. The lowest BCUT2D eigenvalue weighted by Gasteiger charge is -2.14. The maximum atomic E-state index is 6.01. The molecule has 1 nitrogen and oxygen atoms in total. The van der Waals surface area contributed by atoms with E-state index in [9.17, 15) is 0 Å². The van der Waals surface area contributed by atoms with Crippen molar-refractivity contribution in [1.29, 1.82) is 0 Å². The summed E-state index contributed by atoms with van der Waals surface area (Å²) in [5, 5.41) is 0. The summed E-state index contributed by atoms with van der Waals surface area (Å²) in [6.45, 7) is 13.7. The lowest BCUT2D eigenvalue weighted by atomic mass is 10.0. The van der Waals surface area contributed by atoms with Crippen LogP contribution in [0.15, 0.2) is 35.6 Å². The third kappa shape index (κ3) is 6.13. The number of ether oxygens (including phenoxy) is 1. The summed E-state index contributed by atoms with van der Waals surface area (Å²) < 4.78 is 6.01. The minimum atomic E-state index is 0.438. The van der Waals surface area contributed by atoms with Crippen LogP contribution in [0, 0.1) is 5.41 Å². The summed E-state index contributed by atoms with van der Waals surface area (Å²) in [6, 6.07) is 0. The van der Waals surface area contributed by atoms with Crippen molar-refractivity contribution >= 4 is 0 Å². The highest BCUT2D eigenvalue weighted by Crippen LogP contribution is 2.45. The molecular formula is C18H30O. The molecule has 0 saturated heterocycles. The second kappa shape index (κ2) is 7.57. The first-order chi connectivity index (χ1) is 9.00.